The zero-order valence-electron chi connectivity index (χ0n) is 25.6. The van der Waals surface area contributed by atoms with Gasteiger partial charge in [-0.3, -0.25) is 4.79 Å². The number of hydrogen-bond donors (Lipinski definition) is 9. The number of fused-ring (bicyclic) bond motifs is 1. The second-order valence-corrected chi connectivity index (χ2v) is 11.8. The summed E-state index contributed by atoms with van der Waals surface area (Å²) in [7, 11) is 0. The summed E-state index contributed by atoms with van der Waals surface area (Å²) in [6.45, 7) is 4.26. The maximum absolute atomic E-state index is 14.2. The van der Waals surface area contributed by atoms with Crippen LogP contribution in [0.3, 0.4) is 0 Å². The van der Waals surface area contributed by atoms with Crippen LogP contribution < -0.4 is 10.2 Å². The second-order valence-electron chi connectivity index (χ2n) is 11.8. The van der Waals surface area contributed by atoms with Crippen LogP contribution in [-0.2, 0) is 20.6 Å². The van der Waals surface area contributed by atoms with Crippen LogP contribution in [0.4, 0.5) is 0 Å². The molecule has 5 rings (SSSR count). The van der Waals surface area contributed by atoms with Gasteiger partial charge in [0.05, 0.1) is 12.7 Å². The zero-order valence-corrected chi connectivity index (χ0v) is 25.6. The van der Waals surface area contributed by atoms with Crippen molar-refractivity contribution in [1.29, 1.82) is 0 Å². The minimum absolute atomic E-state index is 0.113. The van der Waals surface area contributed by atoms with Gasteiger partial charge in [0.25, 0.3) is 0 Å². The van der Waals surface area contributed by atoms with Crippen molar-refractivity contribution in [3.63, 3.8) is 0 Å². The number of aromatic hydroxyl groups is 3. The summed E-state index contributed by atoms with van der Waals surface area (Å²) in [6, 6.07) is 6.39. The van der Waals surface area contributed by atoms with Crippen molar-refractivity contribution < 1.29 is 69.3 Å². The van der Waals surface area contributed by atoms with Crippen LogP contribution in [0.2, 0.25) is 0 Å². The highest BCUT2D eigenvalue weighted by Gasteiger charge is 2.51. The molecular weight excluding hydrogens is 624 g/mol. The first-order valence-electron chi connectivity index (χ1n) is 14.8. The molecule has 47 heavy (non-hydrogen) atoms. The third-order valence-electron chi connectivity index (χ3n) is 8.19. The summed E-state index contributed by atoms with van der Waals surface area (Å²) >= 11 is 0. The molecule has 1 aromatic heterocycles. The van der Waals surface area contributed by atoms with Crippen molar-refractivity contribution in [1.82, 2.24) is 0 Å². The van der Waals surface area contributed by atoms with Crippen molar-refractivity contribution in [2.24, 2.45) is 0 Å². The molecule has 2 aromatic carbocycles. The van der Waals surface area contributed by atoms with E-state index in [1.165, 1.54) is 31.2 Å². The molecule has 0 spiro atoms. The Morgan fingerprint density at radius 1 is 0.872 bits per heavy atom. The highest BCUT2D eigenvalue weighted by Crippen LogP contribution is 2.41. The molecule has 0 amide bonds. The number of aliphatic hydroxyl groups is 6. The van der Waals surface area contributed by atoms with Gasteiger partial charge in [-0.2, -0.15) is 0 Å². The average molecular weight is 663 g/mol. The number of allylic oxidation sites excluding steroid dienone is 2. The van der Waals surface area contributed by atoms with Crippen molar-refractivity contribution in [2.45, 2.75) is 88.6 Å². The maximum atomic E-state index is 14.2. The Hall–Kier alpha value is -3.77. The van der Waals surface area contributed by atoms with Gasteiger partial charge in [0.2, 0.25) is 17.5 Å². The van der Waals surface area contributed by atoms with Crippen LogP contribution in [0.5, 0.6) is 23.0 Å². The van der Waals surface area contributed by atoms with Gasteiger partial charge < -0.3 is 69.3 Å². The predicted octanol–water partition coefficient (Wildman–Crippen LogP) is 0.116. The molecule has 0 unspecified atom stereocenters. The second kappa shape index (κ2) is 13.8. The topological polar surface area (TPSA) is 249 Å². The Bertz CT molecular complexity index is 1660. The Kier molecular flexibility index (Phi) is 10.1. The average Bonchev–Trinajstić information content (AvgIpc) is 3.02. The molecule has 0 aliphatic carbocycles. The standard InChI is InChI=1S/C32H38O15/c1-12(2)4-9-16-17(35)10-18(36)20-23(39)29(27(45-28(16)20)14-5-7-15(34)8-6-14)46-32-30(25(41)22(38)19(11-33)44-32)47-31-26(42)24(40)21(37)13(3)43-31/h4-8,10,13,19,21-22,24-26,30-38,40-42H,9,11H2,1-3H3/t13-,19+,21-,22+,24+,25-,26+,30+,31-,32-/m0/s1. The number of rotatable bonds is 8. The minimum atomic E-state index is -1.88. The molecule has 15 heteroatoms. The molecule has 0 saturated carbocycles. The molecule has 2 aliphatic rings. The fourth-order valence-electron chi connectivity index (χ4n) is 5.48. The Morgan fingerprint density at radius 3 is 2.19 bits per heavy atom. The van der Waals surface area contributed by atoms with E-state index < -0.39 is 84.9 Å². The van der Waals surface area contributed by atoms with Gasteiger partial charge in [-0.25, -0.2) is 0 Å². The lowest BCUT2D eigenvalue weighted by Gasteiger charge is -2.45. The first-order valence-corrected chi connectivity index (χ1v) is 14.8. The third kappa shape index (κ3) is 6.67. The lowest BCUT2D eigenvalue weighted by molar-refractivity contribution is -0.354. The number of phenolic OH excluding ortho intramolecular Hbond substituents is 3. The van der Waals surface area contributed by atoms with E-state index in [1.54, 1.807) is 6.08 Å². The quantitative estimate of drug-likeness (QED) is 0.145. The smallest absolute Gasteiger partial charge is 0.239 e. The summed E-state index contributed by atoms with van der Waals surface area (Å²) in [5.74, 6) is -1.95. The molecule has 9 N–H and O–H groups in total. The Balaban J connectivity index is 1.66. The molecular formula is C32H38O15. The van der Waals surface area contributed by atoms with E-state index in [1.807, 2.05) is 13.8 Å². The van der Waals surface area contributed by atoms with Crippen LogP contribution >= 0.6 is 0 Å². The van der Waals surface area contributed by atoms with Crippen LogP contribution in [0.1, 0.15) is 26.3 Å². The van der Waals surface area contributed by atoms with Crippen LogP contribution in [0.15, 0.2) is 51.2 Å². The van der Waals surface area contributed by atoms with Gasteiger partial charge >= 0.3 is 0 Å². The molecule has 3 aromatic rings. The van der Waals surface area contributed by atoms with Crippen molar-refractivity contribution in [2.75, 3.05) is 6.61 Å². The number of phenols is 3. The number of hydrogen-bond acceptors (Lipinski definition) is 15. The first-order chi connectivity index (χ1) is 22.2. The summed E-state index contributed by atoms with van der Waals surface area (Å²) in [5.41, 5.74) is 0.152. The van der Waals surface area contributed by atoms with E-state index in [4.69, 9.17) is 23.4 Å². The fourth-order valence-corrected chi connectivity index (χ4v) is 5.48. The van der Waals surface area contributed by atoms with Crippen molar-refractivity contribution >= 4 is 11.0 Å². The lowest BCUT2D eigenvalue weighted by Crippen LogP contribution is -2.64. The number of ether oxygens (including phenoxy) is 4. The van der Waals surface area contributed by atoms with E-state index >= 15 is 0 Å². The number of aliphatic hydroxyl groups excluding tert-OH is 6. The normalized spacial score (nSPS) is 31.1. The highest BCUT2D eigenvalue weighted by atomic mass is 16.8. The fraction of sp³-hybridized carbons (Fsp3) is 0.469. The largest absolute Gasteiger partial charge is 0.508 e. The van der Waals surface area contributed by atoms with Gasteiger partial charge in [0.15, 0.2) is 18.2 Å². The molecule has 10 atom stereocenters. The summed E-state index contributed by atoms with van der Waals surface area (Å²) < 4.78 is 29.1. The first kappa shape index (κ1) is 34.6. The van der Waals surface area contributed by atoms with Crippen LogP contribution in [-0.4, -0.2) is 114 Å². The van der Waals surface area contributed by atoms with E-state index in [0.717, 1.165) is 11.6 Å². The molecule has 0 radical (unpaired) electrons. The van der Waals surface area contributed by atoms with Crippen LogP contribution in [0.25, 0.3) is 22.3 Å². The predicted molar refractivity (Wildman–Crippen MR) is 162 cm³/mol. The maximum Gasteiger partial charge on any atom is 0.239 e. The summed E-state index contributed by atoms with van der Waals surface area (Å²) in [4.78, 5) is 14.2. The van der Waals surface area contributed by atoms with E-state index in [9.17, 15) is 50.8 Å². The minimum Gasteiger partial charge on any atom is -0.508 e. The molecule has 0 bridgehead atoms. The SMILES string of the molecule is CC(C)=CCc1c(O)cc(O)c2c(=O)c(O[C@@H]3O[C@H](CO)[C@@H](O)[C@H](O)[C@H]3O[C@@H]3O[C@@H](C)[C@H](O)[C@@H](O)[C@H]3O)c(-c3ccc(O)cc3)oc12. The molecule has 256 valence electrons. The van der Waals surface area contributed by atoms with E-state index in [-0.39, 0.29) is 45.8 Å². The Labute approximate surface area is 267 Å². The zero-order chi connectivity index (χ0) is 34.3. The molecule has 2 fully saturated rings. The molecule has 2 saturated heterocycles. The third-order valence-corrected chi connectivity index (χ3v) is 8.19. The van der Waals surface area contributed by atoms with E-state index in [0.29, 0.717) is 0 Å². The Morgan fingerprint density at radius 2 is 1.55 bits per heavy atom. The molecule has 3 heterocycles. The van der Waals surface area contributed by atoms with E-state index in [2.05, 4.69) is 0 Å². The van der Waals surface area contributed by atoms with Gasteiger partial charge in [-0.15, -0.1) is 0 Å². The van der Waals surface area contributed by atoms with Crippen LogP contribution in [0, 0.1) is 0 Å². The molecule has 2 aliphatic heterocycles. The van der Waals surface area contributed by atoms with Crippen molar-refractivity contribution in [3.05, 3.63) is 57.8 Å². The van der Waals surface area contributed by atoms with Gasteiger partial charge in [0.1, 0.15) is 64.8 Å². The van der Waals surface area contributed by atoms with Gasteiger partial charge in [-0.05, 0) is 51.5 Å². The lowest BCUT2D eigenvalue weighted by atomic mass is 9.97. The highest BCUT2D eigenvalue weighted by molar-refractivity contribution is 5.91. The number of benzene rings is 2. The van der Waals surface area contributed by atoms with Gasteiger partial charge in [-0.1, -0.05) is 11.6 Å². The summed E-state index contributed by atoms with van der Waals surface area (Å²) in [5, 5.41) is 93.5. The van der Waals surface area contributed by atoms with Gasteiger partial charge in [0, 0.05) is 17.2 Å². The summed E-state index contributed by atoms with van der Waals surface area (Å²) in [6.07, 6.45) is -14.5. The molecule has 15 nitrogen and oxygen atoms in total. The van der Waals surface area contributed by atoms with Crippen molar-refractivity contribution in [3.8, 4) is 34.3 Å². The monoisotopic (exact) mass is 662 g/mol.